The summed E-state index contributed by atoms with van der Waals surface area (Å²) in [5.74, 6) is -1.90. The van der Waals surface area contributed by atoms with Crippen molar-refractivity contribution in [1.29, 1.82) is 0 Å². The van der Waals surface area contributed by atoms with Gasteiger partial charge in [0, 0.05) is 11.3 Å². The minimum atomic E-state index is -4.63. The molecule has 1 heterocycles. The van der Waals surface area contributed by atoms with Crippen molar-refractivity contribution in [1.82, 2.24) is 0 Å². The zero-order valence-corrected chi connectivity index (χ0v) is 15.9. The van der Waals surface area contributed by atoms with E-state index in [9.17, 15) is 27.6 Å². The van der Waals surface area contributed by atoms with E-state index in [1.807, 2.05) is 6.92 Å². The average Bonchev–Trinajstić information content (AvgIpc) is 3.05. The molecule has 5 nitrogen and oxygen atoms in total. The van der Waals surface area contributed by atoms with E-state index in [4.69, 9.17) is 4.74 Å². The van der Waals surface area contributed by atoms with Crippen LogP contribution < -0.4 is 5.32 Å². The standard InChI is InChI=1S/C19H18F3NO4S/c1-11-7-9-16(28-11)15(24)8-10-17(25)27-12(2)18(26)23-14-6-4-3-5-13(14)19(20,21)22/h3-7,9,12H,8,10H2,1-2H3,(H,23,26)/t12-/m1/s1. The van der Waals surface area contributed by atoms with Crippen molar-refractivity contribution < 1.29 is 32.3 Å². The van der Waals surface area contributed by atoms with Crippen LogP contribution in [0.25, 0.3) is 0 Å². The zero-order valence-electron chi connectivity index (χ0n) is 15.1. The minimum Gasteiger partial charge on any atom is -0.453 e. The first-order valence-electron chi connectivity index (χ1n) is 8.34. The highest BCUT2D eigenvalue weighted by Crippen LogP contribution is 2.34. The number of carbonyl (C=O) groups excluding carboxylic acids is 3. The summed E-state index contributed by atoms with van der Waals surface area (Å²) in [6.45, 7) is 3.10. The van der Waals surface area contributed by atoms with Crippen LogP contribution in [-0.4, -0.2) is 23.8 Å². The SMILES string of the molecule is Cc1ccc(C(=O)CCC(=O)O[C@H](C)C(=O)Nc2ccccc2C(F)(F)F)s1. The largest absolute Gasteiger partial charge is 0.453 e. The van der Waals surface area contributed by atoms with Gasteiger partial charge in [-0.3, -0.25) is 14.4 Å². The highest BCUT2D eigenvalue weighted by Gasteiger charge is 2.34. The highest BCUT2D eigenvalue weighted by atomic mass is 32.1. The van der Waals surface area contributed by atoms with Crippen molar-refractivity contribution in [3.8, 4) is 0 Å². The number of anilines is 1. The second-order valence-corrected chi connectivity index (χ2v) is 7.29. The van der Waals surface area contributed by atoms with Crippen molar-refractivity contribution >= 4 is 34.7 Å². The highest BCUT2D eigenvalue weighted by molar-refractivity contribution is 7.14. The zero-order chi connectivity index (χ0) is 20.9. The number of esters is 1. The maximum absolute atomic E-state index is 13.0. The Balaban J connectivity index is 1.88. The van der Waals surface area contributed by atoms with Gasteiger partial charge in [-0.1, -0.05) is 12.1 Å². The molecule has 0 bridgehead atoms. The number of alkyl halides is 3. The van der Waals surface area contributed by atoms with Crippen LogP contribution in [-0.2, 0) is 20.5 Å². The Bertz CT molecular complexity index is 876. The molecule has 0 aliphatic rings. The lowest BCUT2D eigenvalue weighted by molar-refractivity contribution is -0.153. The van der Waals surface area contributed by atoms with Crippen LogP contribution in [0.4, 0.5) is 18.9 Å². The van der Waals surface area contributed by atoms with Gasteiger partial charge in [0.15, 0.2) is 11.9 Å². The molecule has 1 atom stereocenters. The molecule has 1 N–H and O–H groups in total. The van der Waals surface area contributed by atoms with E-state index in [1.54, 1.807) is 12.1 Å². The summed E-state index contributed by atoms with van der Waals surface area (Å²) in [6.07, 6.45) is -6.26. The fourth-order valence-electron chi connectivity index (χ4n) is 2.31. The number of nitrogens with one attached hydrogen (secondary N) is 1. The number of amides is 1. The summed E-state index contributed by atoms with van der Waals surface area (Å²) in [6, 6.07) is 7.96. The molecule has 0 unspecified atom stereocenters. The smallest absolute Gasteiger partial charge is 0.418 e. The van der Waals surface area contributed by atoms with Gasteiger partial charge in [0.05, 0.1) is 22.5 Å². The Morgan fingerprint density at radius 1 is 1.11 bits per heavy atom. The van der Waals surface area contributed by atoms with Crippen LogP contribution >= 0.6 is 11.3 Å². The summed E-state index contributed by atoms with van der Waals surface area (Å²) >= 11 is 1.31. The second-order valence-electron chi connectivity index (χ2n) is 6.00. The molecule has 2 rings (SSSR count). The number of halogens is 3. The van der Waals surface area contributed by atoms with Gasteiger partial charge in [-0.05, 0) is 38.1 Å². The predicted octanol–water partition coefficient (Wildman–Crippen LogP) is 4.61. The van der Waals surface area contributed by atoms with Crippen LogP contribution in [0.2, 0.25) is 0 Å². The number of benzene rings is 1. The van der Waals surface area contributed by atoms with Crippen LogP contribution in [0.5, 0.6) is 0 Å². The van der Waals surface area contributed by atoms with Gasteiger partial charge >= 0.3 is 12.1 Å². The number of aryl methyl sites for hydroxylation is 1. The van der Waals surface area contributed by atoms with Gasteiger partial charge in [-0.2, -0.15) is 13.2 Å². The number of Topliss-reactive ketones (excluding diaryl/α,β-unsaturated/α-hetero) is 1. The lowest BCUT2D eigenvalue weighted by Crippen LogP contribution is -2.30. The molecule has 0 saturated heterocycles. The molecule has 150 valence electrons. The van der Waals surface area contributed by atoms with Gasteiger partial charge in [-0.25, -0.2) is 0 Å². The molecule has 0 radical (unpaired) electrons. The summed E-state index contributed by atoms with van der Waals surface area (Å²) in [5, 5.41) is 2.11. The fraction of sp³-hybridized carbons (Fsp3) is 0.316. The molecule has 2 aromatic rings. The lowest BCUT2D eigenvalue weighted by atomic mass is 10.1. The first kappa shape index (κ1) is 21.6. The molecular weight excluding hydrogens is 395 g/mol. The van der Waals surface area contributed by atoms with Crippen molar-refractivity contribution in [2.45, 2.75) is 39.0 Å². The van der Waals surface area contributed by atoms with Crippen LogP contribution in [0.3, 0.4) is 0 Å². The van der Waals surface area contributed by atoms with E-state index in [-0.39, 0.29) is 18.6 Å². The first-order chi connectivity index (χ1) is 13.1. The Morgan fingerprint density at radius 2 is 1.79 bits per heavy atom. The molecule has 1 amide bonds. The molecule has 0 spiro atoms. The molecular formula is C19H18F3NO4S. The quantitative estimate of drug-likeness (QED) is 0.532. The number of ketones is 1. The molecule has 1 aromatic carbocycles. The predicted molar refractivity (Wildman–Crippen MR) is 98.2 cm³/mol. The number of hydrogen-bond acceptors (Lipinski definition) is 5. The molecule has 9 heteroatoms. The average molecular weight is 413 g/mol. The third-order valence-corrected chi connectivity index (χ3v) is 4.78. The van der Waals surface area contributed by atoms with E-state index < -0.39 is 35.4 Å². The summed E-state index contributed by atoms with van der Waals surface area (Å²) in [5.41, 5.74) is -1.43. The Morgan fingerprint density at radius 3 is 2.39 bits per heavy atom. The molecule has 0 aliphatic heterocycles. The number of hydrogen-bond donors (Lipinski definition) is 1. The van der Waals surface area contributed by atoms with E-state index >= 15 is 0 Å². The summed E-state index contributed by atoms with van der Waals surface area (Å²) in [4.78, 5) is 37.4. The number of ether oxygens (including phenoxy) is 1. The van der Waals surface area contributed by atoms with E-state index in [2.05, 4.69) is 5.32 Å². The van der Waals surface area contributed by atoms with Crippen molar-refractivity contribution in [3.05, 3.63) is 51.7 Å². The third kappa shape index (κ3) is 5.91. The van der Waals surface area contributed by atoms with Gasteiger partial charge in [0.2, 0.25) is 0 Å². The van der Waals surface area contributed by atoms with Crippen LogP contribution in [0.15, 0.2) is 36.4 Å². The lowest BCUT2D eigenvalue weighted by Gasteiger charge is -2.16. The first-order valence-corrected chi connectivity index (χ1v) is 9.16. The van der Waals surface area contributed by atoms with E-state index in [0.717, 1.165) is 17.0 Å². The number of rotatable bonds is 7. The Kier molecular flexibility index (Phi) is 6.95. The van der Waals surface area contributed by atoms with Crippen molar-refractivity contribution in [2.24, 2.45) is 0 Å². The molecule has 1 aromatic heterocycles. The molecule has 28 heavy (non-hydrogen) atoms. The normalized spacial score (nSPS) is 12.3. The number of carbonyl (C=O) groups is 3. The maximum atomic E-state index is 13.0. The number of para-hydroxylation sites is 1. The van der Waals surface area contributed by atoms with E-state index in [1.165, 1.54) is 30.4 Å². The molecule has 0 aliphatic carbocycles. The fourth-order valence-corrected chi connectivity index (χ4v) is 3.14. The second kappa shape index (κ2) is 9.01. The Labute approximate surface area is 163 Å². The van der Waals surface area contributed by atoms with Crippen molar-refractivity contribution in [3.63, 3.8) is 0 Å². The topological polar surface area (TPSA) is 72.5 Å². The van der Waals surface area contributed by atoms with E-state index in [0.29, 0.717) is 4.88 Å². The molecule has 0 saturated carbocycles. The maximum Gasteiger partial charge on any atom is 0.418 e. The minimum absolute atomic E-state index is 0.0793. The molecule has 0 fully saturated rings. The Hall–Kier alpha value is -2.68. The van der Waals surface area contributed by atoms with Crippen LogP contribution in [0.1, 0.15) is 39.9 Å². The van der Waals surface area contributed by atoms with Gasteiger partial charge < -0.3 is 10.1 Å². The monoisotopic (exact) mass is 413 g/mol. The van der Waals surface area contributed by atoms with Gasteiger partial charge in [0.25, 0.3) is 5.91 Å². The summed E-state index contributed by atoms with van der Waals surface area (Å²) in [7, 11) is 0. The van der Waals surface area contributed by atoms with Gasteiger partial charge in [0.1, 0.15) is 0 Å². The summed E-state index contributed by atoms with van der Waals surface area (Å²) < 4.78 is 43.8. The van der Waals surface area contributed by atoms with Crippen molar-refractivity contribution in [2.75, 3.05) is 5.32 Å². The van der Waals surface area contributed by atoms with Crippen LogP contribution in [0, 0.1) is 6.92 Å². The third-order valence-electron chi connectivity index (χ3n) is 3.74. The number of thiophene rings is 1. The van der Waals surface area contributed by atoms with Gasteiger partial charge in [-0.15, -0.1) is 11.3 Å².